The summed E-state index contributed by atoms with van der Waals surface area (Å²) in [6.45, 7) is 0.319. The molecule has 5 aromatic rings. The van der Waals surface area contributed by atoms with Gasteiger partial charge in [-0.3, -0.25) is 4.57 Å². The minimum Gasteiger partial charge on any atom is -0.364 e. The van der Waals surface area contributed by atoms with Crippen LogP contribution in [0, 0.1) is 17.5 Å². The van der Waals surface area contributed by atoms with E-state index in [1.165, 1.54) is 0 Å². The number of nitrogens with one attached hydrogen (secondary N) is 2. The standard InChI is InChI=1S/C22H14ClF5N8/c23-21-32-19(29-8-11-4-2-1-3-5-11)17-20(33-21)36(10-30-17)18(14-9-31-35-34-14)22(27,28)12-6-7-13(24)16(26)15(12)25/h1-7,9-10,18H,8H2,(H,29,32,33)(H,31,34,35). The predicted molar refractivity (Wildman–Crippen MR) is 119 cm³/mol. The van der Waals surface area contributed by atoms with Gasteiger partial charge in [0.25, 0.3) is 0 Å². The molecule has 0 fully saturated rings. The highest BCUT2D eigenvalue weighted by Gasteiger charge is 2.48. The Kier molecular flexibility index (Phi) is 6.00. The molecule has 2 N–H and O–H groups in total. The van der Waals surface area contributed by atoms with Gasteiger partial charge in [0.1, 0.15) is 5.69 Å². The third-order valence-electron chi connectivity index (χ3n) is 5.43. The molecule has 8 nitrogen and oxygen atoms in total. The maximum atomic E-state index is 15.9. The summed E-state index contributed by atoms with van der Waals surface area (Å²) in [5, 5.41) is 12.2. The van der Waals surface area contributed by atoms with Gasteiger partial charge in [0.2, 0.25) is 5.28 Å². The van der Waals surface area contributed by atoms with Crippen LogP contribution in [0.3, 0.4) is 0 Å². The molecule has 1 atom stereocenters. The molecule has 36 heavy (non-hydrogen) atoms. The third-order valence-corrected chi connectivity index (χ3v) is 5.60. The van der Waals surface area contributed by atoms with Gasteiger partial charge < -0.3 is 5.32 Å². The van der Waals surface area contributed by atoms with Crippen LogP contribution in [0.5, 0.6) is 0 Å². The van der Waals surface area contributed by atoms with Crippen molar-refractivity contribution >= 4 is 28.6 Å². The zero-order valence-electron chi connectivity index (χ0n) is 17.9. The number of hydrogen-bond donors (Lipinski definition) is 2. The molecule has 0 aliphatic carbocycles. The number of halogens is 6. The first-order valence-corrected chi connectivity index (χ1v) is 10.7. The van der Waals surface area contributed by atoms with Crippen molar-refractivity contribution in [3.63, 3.8) is 0 Å². The summed E-state index contributed by atoms with van der Waals surface area (Å²) in [6.07, 6.45) is 2.01. The van der Waals surface area contributed by atoms with Crippen LogP contribution < -0.4 is 5.32 Å². The van der Waals surface area contributed by atoms with Crippen molar-refractivity contribution in [2.24, 2.45) is 0 Å². The van der Waals surface area contributed by atoms with Gasteiger partial charge in [0.15, 0.2) is 40.5 Å². The molecule has 3 heterocycles. The fraction of sp³-hybridized carbons (Fsp3) is 0.136. The summed E-state index contributed by atoms with van der Waals surface area (Å²) in [5.41, 5.74) is -0.886. The van der Waals surface area contributed by atoms with E-state index in [1.54, 1.807) is 0 Å². The predicted octanol–water partition coefficient (Wildman–Crippen LogP) is 5.01. The van der Waals surface area contributed by atoms with E-state index in [9.17, 15) is 13.2 Å². The van der Waals surface area contributed by atoms with E-state index < -0.39 is 35.0 Å². The number of fused-ring (bicyclic) bond motifs is 1. The molecule has 184 valence electrons. The highest BCUT2D eigenvalue weighted by atomic mass is 35.5. The minimum absolute atomic E-state index is 0.0883. The molecule has 0 spiro atoms. The van der Waals surface area contributed by atoms with Crippen LogP contribution in [0.4, 0.5) is 27.8 Å². The normalized spacial score (nSPS) is 12.7. The van der Waals surface area contributed by atoms with Crippen LogP contribution >= 0.6 is 11.6 Å². The number of imidazole rings is 1. The summed E-state index contributed by atoms with van der Waals surface area (Å²) in [5.74, 6) is -9.67. The molecule has 2 aromatic carbocycles. The van der Waals surface area contributed by atoms with E-state index in [2.05, 4.69) is 35.7 Å². The Morgan fingerprint density at radius 1 is 1.03 bits per heavy atom. The second-order valence-electron chi connectivity index (χ2n) is 7.65. The van der Waals surface area contributed by atoms with Crippen LogP contribution in [-0.2, 0) is 12.5 Å². The lowest BCUT2D eigenvalue weighted by atomic mass is 9.97. The van der Waals surface area contributed by atoms with Crippen molar-refractivity contribution in [1.29, 1.82) is 0 Å². The molecule has 14 heteroatoms. The molecule has 0 saturated carbocycles. The molecule has 3 aromatic heterocycles. The topological polar surface area (TPSA) is 97.2 Å². The number of alkyl halides is 2. The Labute approximate surface area is 204 Å². The molecule has 0 aliphatic rings. The first-order chi connectivity index (χ1) is 17.3. The van der Waals surface area contributed by atoms with Crippen molar-refractivity contribution < 1.29 is 22.0 Å². The zero-order valence-corrected chi connectivity index (χ0v) is 18.7. The maximum absolute atomic E-state index is 15.9. The van der Waals surface area contributed by atoms with Crippen LogP contribution in [0.2, 0.25) is 5.28 Å². The van der Waals surface area contributed by atoms with Crippen molar-refractivity contribution in [1.82, 2.24) is 34.9 Å². The lowest BCUT2D eigenvalue weighted by molar-refractivity contribution is -0.0476. The molecule has 0 amide bonds. The molecule has 0 aliphatic heterocycles. The van der Waals surface area contributed by atoms with Gasteiger partial charge in [-0.1, -0.05) is 30.3 Å². The lowest BCUT2D eigenvalue weighted by Crippen LogP contribution is -2.31. The summed E-state index contributed by atoms with van der Waals surface area (Å²) in [7, 11) is 0. The van der Waals surface area contributed by atoms with Crippen LogP contribution in [-0.4, -0.2) is 34.9 Å². The first-order valence-electron chi connectivity index (χ1n) is 10.3. The minimum atomic E-state index is -4.17. The number of rotatable bonds is 7. The monoisotopic (exact) mass is 520 g/mol. The zero-order chi connectivity index (χ0) is 25.4. The molecule has 0 bridgehead atoms. The number of aromatic nitrogens is 7. The smallest absolute Gasteiger partial charge is 0.302 e. The number of benzene rings is 2. The van der Waals surface area contributed by atoms with E-state index in [1.807, 2.05) is 30.3 Å². The van der Waals surface area contributed by atoms with Gasteiger partial charge in [0, 0.05) is 6.54 Å². The van der Waals surface area contributed by atoms with Gasteiger partial charge in [-0.05, 0) is 29.3 Å². The van der Waals surface area contributed by atoms with E-state index in [-0.39, 0.29) is 28.0 Å². The van der Waals surface area contributed by atoms with Gasteiger partial charge >= 0.3 is 5.92 Å². The Hall–Kier alpha value is -4.13. The quantitative estimate of drug-likeness (QED) is 0.178. The second-order valence-corrected chi connectivity index (χ2v) is 7.99. The second kappa shape index (κ2) is 9.15. The molecule has 1 unspecified atom stereocenters. The van der Waals surface area contributed by atoms with Gasteiger partial charge in [0.05, 0.1) is 18.1 Å². The summed E-state index contributed by atoms with van der Waals surface area (Å²) < 4.78 is 74.4. The number of aromatic amines is 1. The van der Waals surface area contributed by atoms with Crippen molar-refractivity contribution in [2.75, 3.05) is 5.32 Å². The summed E-state index contributed by atoms with van der Waals surface area (Å²) >= 11 is 6.08. The van der Waals surface area contributed by atoms with Gasteiger partial charge in [-0.2, -0.15) is 34.2 Å². The van der Waals surface area contributed by atoms with Crippen molar-refractivity contribution in [3.8, 4) is 0 Å². The fourth-order valence-corrected chi connectivity index (χ4v) is 3.92. The Morgan fingerprint density at radius 2 is 1.81 bits per heavy atom. The Morgan fingerprint density at radius 3 is 2.53 bits per heavy atom. The fourth-order valence-electron chi connectivity index (χ4n) is 3.76. The van der Waals surface area contributed by atoms with E-state index in [4.69, 9.17) is 11.6 Å². The summed E-state index contributed by atoms with van der Waals surface area (Å²) in [6, 6.07) is 8.03. The van der Waals surface area contributed by atoms with Gasteiger partial charge in [-0.15, -0.1) is 0 Å². The van der Waals surface area contributed by atoms with Gasteiger partial charge in [-0.25, -0.2) is 18.2 Å². The number of nitrogens with zero attached hydrogens (tertiary/aromatic N) is 6. The van der Waals surface area contributed by atoms with Crippen molar-refractivity contribution in [3.05, 3.63) is 94.5 Å². The van der Waals surface area contributed by atoms with E-state index >= 15 is 8.78 Å². The molecule has 5 rings (SSSR count). The average Bonchev–Trinajstić information content (AvgIpc) is 3.53. The Bertz CT molecular complexity index is 1530. The van der Waals surface area contributed by atoms with Crippen LogP contribution in [0.15, 0.2) is 55.0 Å². The van der Waals surface area contributed by atoms with Crippen LogP contribution in [0.1, 0.15) is 22.9 Å². The number of hydrogen-bond acceptors (Lipinski definition) is 6. The number of anilines is 1. The van der Waals surface area contributed by atoms with E-state index in [0.717, 1.165) is 22.7 Å². The highest BCUT2D eigenvalue weighted by molar-refractivity contribution is 6.28. The molecular formula is C22H14ClF5N8. The largest absolute Gasteiger partial charge is 0.364 e. The van der Waals surface area contributed by atoms with Crippen LogP contribution in [0.25, 0.3) is 11.2 Å². The first kappa shape index (κ1) is 23.6. The SMILES string of the molecule is Fc1ccc(C(F)(F)C(c2cn[nH]n2)n2cnc3c(NCc4ccccc4)nc(Cl)nc32)c(F)c1F. The lowest BCUT2D eigenvalue weighted by Gasteiger charge is -2.27. The van der Waals surface area contributed by atoms with E-state index in [0.29, 0.717) is 18.7 Å². The Balaban J connectivity index is 1.63. The molecule has 0 radical (unpaired) electrons. The number of H-pyrrole nitrogens is 1. The van der Waals surface area contributed by atoms with Crippen molar-refractivity contribution in [2.45, 2.75) is 18.5 Å². The average molecular weight is 521 g/mol. The molecular weight excluding hydrogens is 507 g/mol. The summed E-state index contributed by atoms with van der Waals surface area (Å²) in [4.78, 5) is 12.3. The third kappa shape index (κ3) is 4.11. The highest BCUT2D eigenvalue weighted by Crippen LogP contribution is 2.45. The molecule has 0 saturated heterocycles. The maximum Gasteiger partial charge on any atom is 0.302 e.